The van der Waals surface area contributed by atoms with E-state index in [9.17, 15) is 18.0 Å². The highest BCUT2D eigenvalue weighted by Gasteiger charge is 2.11. The van der Waals surface area contributed by atoms with Gasteiger partial charge in [-0.1, -0.05) is 6.07 Å². The molecule has 0 aromatic heterocycles. The maximum Gasteiger partial charge on any atom is 0.317 e. The lowest BCUT2D eigenvalue weighted by atomic mass is 10.2. The van der Waals surface area contributed by atoms with Gasteiger partial charge in [-0.3, -0.25) is 0 Å². The van der Waals surface area contributed by atoms with Gasteiger partial charge in [-0.25, -0.2) is 18.0 Å². The Bertz CT molecular complexity index is 771. The maximum atomic E-state index is 13.7. The first-order chi connectivity index (χ1) is 12.4. The molecule has 2 rings (SSSR count). The molecule has 2 aromatic carbocycles. The quantitative estimate of drug-likeness (QED) is 0.763. The Morgan fingerprint density at radius 2 is 1.77 bits per heavy atom. The second-order valence-electron chi connectivity index (χ2n) is 5.48. The molecule has 0 radical (unpaired) electrons. The van der Waals surface area contributed by atoms with Crippen LogP contribution in [0.15, 0.2) is 36.4 Å². The molecular weight excluding hydrogens is 349 g/mol. The van der Waals surface area contributed by atoms with E-state index in [0.29, 0.717) is 5.56 Å². The SMILES string of the molecule is COc1ccc(CN(C)C(=O)NCCOc2ccc(F)cc2F)cc1F. The molecule has 5 nitrogen and oxygen atoms in total. The average molecular weight is 368 g/mol. The van der Waals surface area contributed by atoms with Gasteiger partial charge in [0.15, 0.2) is 23.1 Å². The fourth-order valence-electron chi connectivity index (χ4n) is 2.20. The van der Waals surface area contributed by atoms with Crippen LogP contribution in [0.5, 0.6) is 11.5 Å². The van der Waals surface area contributed by atoms with Crippen molar-refractivity contribution < 1.29 is 27.4 Å². The van der Waals surface area contributed by atoms with Crippen LogP contribution in [-0.4, -0.2) is 38.2 Å². The second-order valence-corrected chi connectivity index (χ2v) is 5.48. The highest BCUT2D eigenvalue weighted by molar-refractivity contribution is 5.73. The zero-order valence-corrected chi connectivity index (χ0v) is 14.4. The Morgan fingerprint density at radius 1 is 1.08 bits per heavy atom. The van der Waals surface area contributed by atoms with Gasteiger partial charge < -0.3 is 19.7 Å². The van der Waals surface area contributed by atoms with Crippen LogP contribution in [0.3, 0.4) is 0 Å². The minimum atomic E-state index is -0.810. The average Bonchev–Trinajstić information content (AvgIpc) is 2.60. The number of hydrogen-bond donors (Lipinski definition) is 1. The first-order valence-electron chi connectivity index (χ1n) is 7.80. The van der Waals surface area contributed by atoms with E-state index < -0.39 is 23.5 Å². The van der Waals surface area contributed by atoms with E-state index in [1.54, 1.807) is 13.1 Å². The van der Waals surface area contributed by atoms with Crippen LogP contribution < -0.4 is 14.8 Å². The van der Waals surface area contributed by atoms with Crippen LogP contribution in [0.2, 0.25) is 0 Å². The fraction of sp³-hybridized carbons (Fsp3) is 0.278. The number of benzene rings is 2. The Labute approximate surface area is 149 Å². The predicted molar refractivity (Wildman–Crippen MR) is 89.7 cm³/mol. The molecule has 0 aliphatic rings. The summed E-state index contributed by atoms with van der Waals surface area (Å²) >= 11 is 0. The lowest BCUT2D eigenvalue weighted by Gasteiger charge is -2.18. The standard InChI is InChI=1S/C18H19F3N2O3/c1-23(11-12-3-5-16(25-2)14(20)9-12)18(24)22-7-8-26-17-6-4-13(19)10-15(17)21/h3-6,9-10H,7-8,11H2,1-2H3,(H,22,24). The van der Waals surface area contributed by atoms with Gasteiger partial charge in [0.2, 0.25) is 0 Å². The molecule has 2 aromatic rings. The lowest BCUT2D eigenvalue weighted by Crippen LogP contribution is -2.38. The van der Waals surface area contributed by atoms with Crippen molar-refractivity contribution in [3.8, 4) is 11.5 Å². The predicted octanol–water partition coefficient (Wildman–Crippen LogP) is 3.33. The highest BCUT2D eigenvalue weighted by Crippen LogP contribution is 2.19. The molecule has 0 saturated carbocycles. The van der Waals surface area contributed by atoms with Crippen molar-refractivity contribution in [2.45, 2.75) is 6.54 Å². The van der Waals surface area contributed by atoms with Crippen LogP contribution in [0, 0.1) is 17.5 Å². The molecule has 140 valence electrons. The summed E-state index contributed by atoms with van der Waals surface area (Å²) in [5.74, 6) is -1.98. The lowest BCUT2D eigenvalue weighted by molar-refractivity contribution is 0.203. The number of hydrogen-bond acceptors (Lipinski definition) is 3. The number of methoxy groups -OCH3 is 1. The van der Waals surface area contributed by atoms with Gasteiger partial charge in [-0.15, -0.1) is 0 Å². The summed E-state index contributed by atoms with van der Waals surface area (Å²) in [6, 6.07) is 7.02. The Morgan fingerprint density at radius 3 is 2.42 bits per heavy atom. The van der Waals surface area contributed by atoms with E-state index in [1.165, 1.54) is 30.2 Å². The minimum absolute atomic E-state index is 0.0132. The number of carbonyl (C=O) groups excluding carboxylic acids is 1. The van der Waals surface area contributed by atoms with Gasteiger partial charge in [0, 0.05) is 19.7 Å². The summed E-state index contributed by atoms with van der Waals surface area (Å²) in [5.41, 5.74) is 0.602. The molecule has 1 N–H and O–H groups in total. The zero-order chi connectivity index (χ0) is 19.1. The Balaban J connectivity index is 1.77. The van der Waals surface area contributed by atoms with Gasteiger partial charge >= 0.3 is 6.03 Å². The van der Waals surface area contributed by atoms with E-state index in [-0.39, 0.29) is 31.2 Å². The first-order valence-corrected chi connectivity index (χ1v) is 7.80. The summed E-state index contributed by atoms with van der Waals surface area (Å²) in [6.07, 6.45) is 0. The highest BCUT2D eigenvalue weighted by atomic mass is 19.1. The Kier molecular flexibility index (Phi) is 6.71. The van der Waals surface area contributed by atoms with E-state index in [2.05, 4.69) is 5.32 Å². The van der Waals surface area contributed by atoms with Crippen LogP contribution in [-0.2, 0) is 6.54 Å². The van der Waals surface area contributed by atoms with Gasteiger partial charge in [0.25, 0.3) is 0 Å². The van der Waals surface area contributed by atoms with Crippen molar-refractivity contribution in [3.05, 3.63) is 59.4 Å². The van der Waals surface area contributed by atoms with E-state index >= 15 is 0 Å². The van der Waals surface area contributed by atoms with Gasteiger partial charge in [0.05, 0.1) is 13.7 Å². The molecule has 0 atom stereocenters. The molecule has 0 bridgehead atoms. The van der Waals surface area contributed by atoms with Gasteiger partial charge in [-0.2, -0.15) is 0 Å². The van der Waals surface area contributed by atoms with Crippen molar-refractivity contribution in [2.24, 2.45) is 0 Å². The molecule has 0 heterocycles. The summed E-state index contributed by atoms with van der Waals surface area (Å²) in [7, 11) is 2.93. The second kappa shape index (κ2) is 8.98. The number of amides is 2. The number of carbonyl (C=O) groups is 1. The van der Waals surface area contributed by atoms with Crippen LogP contribution >= 0.6 is 0 Å². The number of nitrogens with zero attached hydrogens (tertiary/aromatic N) is 1. The minimum Gasteiger partial charge on any atom is -0.494 e. The molecule has 0 aliphatic heterocycles. The number of rotatable bonds is 7. The summed E-state index contributed by atoms with van der Waals surface area (Å²) in [5, 5.41) is 2.59. The third kappa shape index (κ3) is 5.30. The van der Waals surface area contributed by atoms with Crippen LogP contribution in [0.1, 0.15) is 5.56 Å². The molecule has 8 heteroatoms. The third-order valence-corrected chi connectivity index (χ3v) is 3.51. The molecule has 0 saturated heterocycles. The molecule has 2 amide bonds. The number of urea groups is 1. The summed E-state index contributed by atoms with van der Waals surface area (Å²) < 4.78 is 49.8. The van der Waals surface area contributed by atoms with Crippen molar-refractivity contribution in [3.63, 3.8) is 0 Å². The molecule has 0 unspecified atom stereocenters. The topological polar surface area (TPSA) is 50.8 Å². The molecular formula is C18H19F3N2O3. The summed E-state index contributed by atoms with van der Waals surface area (Å²) in [6.45, 7) is 0.330. The number of halogens is 3. The third-order valence-electron chi connectivity index (χ3n) is 3.51. The normalized spacial score (nSPS) is 10.3. The molecule has 0 aliphatic carbocycles. The van der Waals surface area contributed by atoms with Gasteiger partial charge in [0.1, 0.15) is 12.4 Å². The van der Waals surface area contributed by atoms with Crippen LogP contribution in [0.25, 0.3) is 0 Å². The van der Waals surface area contributed by atoms with Gasteiger partial charge in [-0.05, 0) is 29.8 Å². The van der Waals surface area contributed by atoms with Crippen molar-refractivity contribution in [1.82, 2.24) is 10.2 Å². The first kappa shape index (κ1) is 19.4. The largest absolute Gasteiger partial charge is 0.494 e. The maximum absolute atomic E-state index is 13.7. The van der Waals surface area contributed by atoms with E-state index in [1.807, 2.05) is 0 Å². The van der Waals surface area contributed by atoms with E-state index in [0.717, 1.165) is 12.1 Å². The molecule has 0 fully saturated rings. The number of nitrogens with one attached hydrogen (secondary N) is 1. The Hall–Kier alpha value is -2.90. The molecule has 26 heavy (non-hydrogen) atoms. The zero-order valence-electron chi connectivity index (χ0n) is 14.4. The van der Waals surface area contributed by atoms with Crippen molar-refractivity contribution in [1.29, 1.82) is 0 Å². The van der Waals surface area contributed by atoms with Crippen LogP contribution in [0.4, 0.5) is 18.0 Å². The molecule has 0 spiro atoms. The van der Waals surface area contributed by atoms with E-state index in [4.69, 9.17) is 9.47 Å². The number of ether oxygens (including phenoxy) is 2. The van der Waals surface area contributed by atoms with Crippen molar-refractivity contribution in [2.75, 3.05) is 27.3 Å². The smallest absolute Gasteiger partial charge is 0.317 e. The summed E-state index contributed by atoms with van der Waals surface area (Å²) in [4.78, 5) is 13.4. The monoisotopic (exact) mass is 368 g/mol. The van der Waals surface area contributed by atoms with Crippen molar-refractivity contribution >= 4 is 6.03 Å². The fourth-order valence-corrected chi connectivity index (χ4v) is 2.20.